The number of piperidine rings is 1. The third-order valence-electron chi connectivity index (χ3n) is 6.69. The van der Waals surface area contributed by atoms with Crippen LogP contribution in [0.1, 0.15) is 79.4 Å². The van der Waals surface area contributed by atoms with Gasteiger partial charge in [-0.05, 0) is 73.1 Å². The average Bonchev–Trinajstić information content (AvgIpc) is 2.78. The number of benzene rings is 2. The molecule has 1 aliphatic heterocycles. The molecule has 0 saturated carbocycles. The second-order valence-corrected chi connectivity index (χ2v) is 9.86. The summed E-state index contributed by atoms with van der Waals surface area (Å²) >= 11 is 0. The number of hydrogen-bond acceptors (Lipinski definition) is 1. The molecule has 10 heteroatoms. The number of rotatable bonds is 6. The molecule has 204 valence electrons. The van der Waals surface area contributed by atoms with Crippen molar-refractivity contribution in [1.82, 2.24) is 4.90 Å². The number of nitrogens with zero attached hydrogens (tertiary/aromatic N) is 1. The van der Waals surface area contributed by atoms with Crippen LogP contribution in [0.3, 0.4) is 0 Å². The van der Waals surface area contributed by atoms with Gasteiger partial charge >= 0.3 is 18.5 Å². The SMILES string of the molecule is C=C1CCN(C(CCC(C)C)c2cc(C(F)(F)F)ccc2C(F)(F)F)C(c2ccc(C(F)(F)F)cc2)C1. The van der Waals surface area contributed by atoms with E-state index in [0.29, 0.717) is 36.6 Å². The van der Waals surface area contributed by atoms with Crippen molar-refractivity contribution in [2.75, 3.05) is 6.54 Å². The Morgan fingerprint density at radius 2 is 1.38 bits per heavy atom. The quantitative estimate of drug-likeness (QED) is 0.262. The standard InChI is InChI=1S/C27H28F9N/c1-16(2)4-11-23(21-15-20(26(31,32)33)9-10-22(21)27(34,35)36)37-13-12-17(3)14-24(37)18-5-7-19(8-6-18)25(28,29)30/h5-10,15-16,23-24H,3-4,11-14H2,1-2H3. The zero-order valence-corrected chi connectivity index (χ0v) is 20.4. The zero-order valence-electron chi connectivity index (χ0n) is 20.4. The van der Waals surface area contributed by atoms with E-state index in [9.17, 15) is 39.5 Å². The summed E-state index contributed by atoms with van der Waals surface area (Å²) in [5, 5.41) is 0. The first kappa shape index (κ1) is 29.1. The summed E-state index contributed by atoms with van der Waals surface area (Å²) in [6.45, 7) is 7.89. The Hall–Kier alpha value is -2.49. The Kier molecular flexibility index (Phi) is 8.41. The molecule has 1 nitrogen and oxygen atoms in total. The van der Waals surface area contributed by atoms with Crippen LogP contribution in [0.2, 0.25) is 0 Å². The molecule has 0 aromatic heterocycles. The van der Waals surface area contributed by atoms with Crippen molar-refractivity contribution in [3.8, 4) is 0 Å². The van der Waals surface area contributed by atoms with Gasteiger partial charge in [0.2, 0.25) is 0 Å². The maximum Gasteiger partial charge on any atom is 0.416 e. The maximum atomic E-state index is 14.0. The number of hydrogen-bond donors (Lipinski definition) is 0. The van der Waals surface area contributed by atoms with Gasteiger partial charge in [-0.1, -0.05) is 38.1 Å². The molecule has 1 saturated heterocycles. The topological polar surface area (TPSA) is 3.24 Å². The fourth-order valence-electron chi connectivity index (χ4n) is 4.78. The number of halogens is 9. The minimum absolute atomic E-state index is 0.0620. The van der Waals surface area contributed by atoms with E-state index in [1.54, 1.807) is 4.90 Å². The van der Waals surface area contributed by atoms with Crippen molar-refractivity contribution in [2.45, 2.75) is 70.1 Å². The summed E-state index contributed by atoms with van der Waals surface area (Å²) in [4.78, 5) is 1.70. The highest BCUT2D eigenvalue weighted by Crippen LogP contribution is 2.46. The Morgan fingerprint density at radius 3 is 1.89 bits per heavy atom. The number of likely N-dealkylation sites (tertiary alicyclic amines) is 1. The molecule has 2 atom stereocenters. The summed E-state index contributed by atoms with van der Waals surface area (Å²) in [5.74, 6) is 0.0620. The van der Waals surface area contributed by atoms with E-state index >= 15 is 0 Å². The fourth-order valence-corrected chi connectivity index (χ4v) is 4.78. The lowest BCUT2D eigenvalue weighted by molar-refractivity contribution is -0.142. The van der Waals surface area contributed by atoms with E-state index in [2.05, 4.69) is 6.58 Å². The van der Waals surface area contributed by atoms with Gasteiger partial charge in [-0.25, -0.2) is 0 Å². The Bertz CT molecular complexity index is 1080. The smallest absolute Gasteiger partial charge is 0.289 e. The van der Waals surface area contributed by atoms with Crippen molar-refractivity contribution in [1.29, 1.82) is 0 Å². The van der Waals surface area contributed by atoms with Crippen LogP contribution < -0.4 is 0 Å². The summed E-state index contributed by atoms with van der Waals surface area (Å²) < 4.78 is 122. The molecule has 0 bridgehead atoms. The van der Waals surface area contributed by atoms with E-state index in [1.807, 2.05) is 13.8 Å². The highest BCUT2D eigenvalue weighted by atomic mass is 19.4. The van der Waals surface area contributed by atoms with Crippen LogP contribution in [0.4, 0.5) is 39.5 Å². The predicted octanol–water partition coefficient (Wildman–Crippen LogP) is 9.61. The Labute approximate surface area is 210 Å². The molecule has 3 rings (SSSR count). The normalized spacial score (nSPS) is 18.9. The molecule has 0 N–H and O–H groups in total. The summed E-state index contributed by atoms with van der Waals surface area (Å²) in [6, 6.07) is 4.14. The van der Waals surface area contributed by atoms with Crippen LogP contribution in [0.25, 0.3) is 0 Å². The van der Waals surface area contributed by atoms with Gasteiger partial charge in [-0.2, -0.15) is 39.5 Å². The number of alkyl halides is 9. The van der Waals surface area contributed by atoms with E-state index in [1.165, 1.54) is 12.1 Å². The van der Waals surface area contributed by atoms with Gasteiger partial charge in [0, 0.05) is 18.6 Å². The van der Waals surface area contributed by atoms with Crippen LogP contribution in [0.5, 0.6) is 0 Å². The van der Waals surface area contributed by atoms with Gasteiger partial charge in [0.05, 0.1) is 16.7 Å². The van der Waals surface area contributed by atoms with E-state index in [-0.39, 0.29) is 25.3 Å². The lowest BCUT2D eigenvalue weighted by atomic mass is 9.85. The van der Waals surface area contributed by atoms with Gasteiger partial charge in [-0.15, -0.1) is 0 Å². The molecule has 0 amide bonds. The molecular weight excluding hydrogens is 509 g/mol. The minimum Gasteiger partial charge on any atom is -0.289 e. The lowest BCUT2D eigenvalue weighted by Crippen LogP contribution is -2.38. The molecule has 0 spiro atoms. The molecule has 1 fully saturated rings. The molecule has 2 aromatic rings. The van der Waals surface area contributed by atoms with Crippen molar-refractivity contribution in [3.63, 3.8) is 0 Å². The molecule has 0 radical (unpaired) electrons. The predicted molar refractivity (Wildman–Crippen MR) is 123 cm³/mol. The summed E-state index contributed by atoms with van der Waals surface area (Å²) in [7, 11) is 0. The summed E-state index contributed by atoms with van der Waals surface area (Å²) in [5.41, 5.74) is -2.48. The lowest BCUT2D eigenvalue weighted by Gasteiger charge is -2.43. The Balaban J connectivity index is 2.16. The molecule has 2 aromatic carbocycles. The van der Waals surface area contributed by atoms with Gasteiger partial charge in [-0.3, -0.25) is 4.90 Å². The highest BCUT2D eigenvalue weighted by molar-refractivity contribution is 5.39. The Morgan fingerprint density at radius 1 is 0.811 bits per heavy atom. The van der Waals surface area contributed by atoms with Crippen LogP contribution in [-0.4, -0.2) is 11.4 Å². The third-order valence-corrected chi connectivity index (χ3v) is 6.69. The highest BCUT2D eigenvalue weighted by Gasteiger charge is 2.41. The molecule has 0 aliphatic carbocycles. The second kappa shape index (κ2) is 10.7. The zero-order chi connectivity index (χ0) is 27.8. The average molecular weight is 538 g/mol. The second-order valence-electron chi connectivity index (χ2n) is 9.86. The van der Waals surface area contributed by atoms with Crippen LogP contribution in [-0.2, 0) is 18.5 Å². The van der Waals surface area contributed by atoms with Crippen molar-refractivity contribution in [2.24, 2.45) is 5.92 Å². The first-order valence-electron chi connectivity index (χ1n) is 11.9. The molecule has 1 aliphatic rings. The van der Waals surface area contributed by atoms with Crippen LogP contribution in [0, 0.1) is 5.92 Å². The third kappa shape index (κ3) is 7.09. The molecule has 37 heavy (non-hydrogen) atoms. The fraction of sp³-hybridized carbons (Fsp3) is 0.481. The van der Waals surface area contributed by atoms with E-state index in [4.69, 9.17) is 0 Å². The van der Waals surface area contributed by atoms with Crippen molar-refractivity contribution < 1.29 is 39.5 Å². The first-order valence-corrected chi connectivity index (χ1v) is 11.9. The minimum atomic E-state index is -4.89. The van der Waals surface area contributed by atoms with Gasteiger partial charge in [0.25, 0.3) is 0 Å². The summed E-state index contributed by atoms with van der Waals surface area (Å²) in [6.07, 6.45) is -13.0. The molecular formula is C27H28F9N. The molecule has 1 heterocycles. The molecule has 2 unspecified atom stereocenters. The van der Waals surface area contributed by atoms with Gasteiger partial charge < -0.3 is 0 Å². The maximum absolute atomic E-state index is 14.0. The van der Waals surface area contributed by atoms with E-state index in [0.717, 1.165) is 17.7 Å². The van der Waals surface area contributed by atoms with Crippen molar-refractivity contribution in [3.05, 3.63) is 82.4 Å². The van der Waals surface area contributed by atoms with Gasteiger partial charge in [0.15, 0.2) is 0 Å². The largest absolute Gasteiger partial charge is 0.416 e. The van der Waals surface area contributed by atoms with Crippen molar-refractivity contribution >= 4 is 0 Å². The monoisotopic (exact) mass is 537 g/mol. The van der Waals surface area contributed by atoms with Gasteiger partial charge in [0.1, 0.15) is 0 Å². The van der Waals surface area contributed by atoms with Crippen LogP contribution in [0.15, 0.2) is 54.6 Å². The first-order chi connectivity index (χ1) is 17.0. The van der Waals surface area contributed by atoms with E-state index < -0.39 is 52.9 Å². The van der Waals surface area contributed by atoms with Crippen LogP contribution >= 0.6 is 0 Å².